The molecule has 0 radical (unpaired) electrons. The second-order valence-corrected chi connectivity index (χ2v) is 7.27. The number of amides is 1. The second kappa shape index (κ2) is 7.10. The van der Waals surface area contributed by atoms with Crippen LogP contribution in [0.4, 0.5) is 0 Å². The van der Waals surface area contributed by atoms with E-state index in [1.807, 2.05) is 0 Å². The van der Waals surface area contributed by atoms with Gasteiger partial charge in [0.1, 0.15) is 0 Å². The molecule has 0 aromatic carbocycles. The van der Waals surface area contributed by atoms with Gasteiger partial charge in [0.05, 0.1) is 6.04 Å². The average molecular weight is 293 g/mol. The topological polar surface area (TPSA) is 44.4 Å². The first-order valence-corrected chi connectivity index (χ1v) is 9.01. The van der Waals surface area contributed by atoms with Crippen molar-refractivity contribution in [3.63, 3.8) is 0 Å². The van der Waals surface area contributed by atoms with Crippen LogP contribution in [-0.4, -0.2) is 49.1 Å². The molecule has 4 unspecified atom stereocenters. The summed E-state index contributed by atoms with van der Waals surface area (Å²) in [6.45, 7) is 6.58. The monoisotopic (exact) mass is 293 g/mol. The van der Waals surface area contributed by atoms with Crippen molar-refractivity contribution >= 4 is 5.91 Å². The Morgan fingerprint density at radius 3 is 3.00 bits per heavy atom. The molecular weight excluding hydrogens is 262 g/mol. The van der Waals surface area contributed by atoms with Gasteiger partial charge in [0.15, 0.2) is 0 Å². The van der Waals surface area contributed by atoms with E-state index < -0.39 is 0 Å². The Bertz CT molecular complexity index is 360. The van der Waals surface area contributed by atoms with Crippen LogP contribution in [0, 0.1) is 11.8 Å². The number of nitrogens with zero attached hydrogens (tertiary/aromatic N) is 1. The van der Waals surface area contributed by atoms with E-state index in [0.29, 0.717) is 5.92 Å². The molecule has 1 saturated carbocycles. The van der Waals surface area contributed by atoms with E-state index in [0.717, 1.165) is 38.0 Å². The molecule has 4 nitrogen and oxygen atoms in total. The number of hydrogen-bond acceptors (Lipinski definition) is 3. The zero-order valence-corrected chi connectivity index (χ0v) is 13.4. The number of nitrogens with one attached hydrogen (secondary N) is 2. The molecule has 2 N–H and O–H groups in total. The minimum Gasteiger partial charge on any atom is -0.355 e. The molecule has 21 heavy (non-hydrogen) atoms. The zero-order chi connectivity index (χ0) is 14.7. The third kappa shape index (κ3) is 3.59. The van der Waals surface area contributed by atoms with Crippen LogP contribution in [0.1, 0.15) is 51.9 Å². The third-order valence-electron chi connectivity index (χ3n) is 5.89. The van der Waals surface area contributed by atoms with E-state index in [1.165, 1.54) is 45.1 Å². The predicted molar refractivity (Wildman–Crippen MR) is 85.1 cm³/mol. The van der Waals surface area contributed by atoms with Gasteiger partial charge in [-0.25, -0.2) is 0 Å². The summed E-state index contributed by atoms with van der Waals surface area (Å²) >= 11 is 0. The lowest BCUT2D eigenvalue weighted by Gasteiger charge is -2.33. The van der Waals surface area contributed by atoms with Crippen LogP contribution in [0.5, 0.6) is 0 Å². The summed E-state index contributed by atoms with van der Waals surface area (Å²) in [5.74, 6) is 1.61. The SMILES string of the molecule is CC1CCCCN1CCCNC(=O)C1NCC2CCCC21. The van der Waals surface area contributed by atoms with Crippen molar-refractivity contribution in [2.45, 2.75) is 64.0 Å². The standard InChI is InChI=1S/C17H31N3O/c1-13-6-2-3-10-20(13)11-5-9-18-17(21)16-15-8-4-7-14(15)12-19-16/h13-16,19H,2-12H2,1H3,(H,18,21). The van der Waals surface area contributed by atoms with E-state index in [2.05, 4.69) is 22.5 Å². The maximum atomic E-state index is 12.3. The summed E-state index contributed by atoms with van der Waals surface area (Å²) in [5.41, 5.74) is 0. The molecule has 0 aromatic rings. The summed E-state index contributed by atoms with van der Waals surface area (Å²) in [5, 5.41) is 6.60. The van der Waals surface area contributed by atoms with Crippen LogP contribution < -0.4 is 10.6 Å². The van der Waals surface area contributed by atoms with Gasteiger partial charge in [0.25, 0.3) is 0 Å². The minimum absolute atomic E-state index is 0.0893. The number of hydrogen-bond donors (Lipinski definition) is 2. The molecule has 0 aromatic heterocycles. The Morgan fingerprint density at radius 2 is 2.14 bits per heavy atom. The van der Waals surface area contributed by atoms with Gasteiger partial charge in [-0.15, -0.1) is 0 Å². The summed E-state index contributed by atoms with van der Waals surface area (Å²) in [6, 6.07) is 0.816. The molecule has 120 valence electrons. The molecule has 2 aliphatic heterocycles. The molecule has 3 fully saturated rings. The highest BCUT2D eigenvalue weighted by molar-refractivity contribution is 5.82. The van der Waals surface area contributed by atoms with Gasteiger partial charge >= 0.3 is 0 Å². The smallest absolute Gasteiger partial charge is 0.237 e. The number of rotatable bonds is 5. The minimum atomic E-state index is 0.0893. The number of likely N-dealkylation sites (tertiary alicyclic amines) is 1. The van der Waals surface area contributed by atoms with Gasteiger partial charge in [-0.3, -0.25) is 4.79 Å². The molecule has 4 heteroatoms. The maximum absolute atomic E-state index is 12.3. The van der Waals surface area contributed by atoms with Crippen molar-refractivity contribution < 1.29 is 4.79 Å². The summed E-state index contributed by atoms with van der Waals surface area (Å²) in [4.78, 5) is 14.9. The lowest BCUT2D eigenvalue weighted by molar-refractivity contribution is -0.123. The molecule has 1 amide bonds. The largest absolute Gasteiger partial charge is 0.355 e. The van der Waals surface area contributed by atoms with Crippen molar-refractivity contribution in [3.8, 4) is 0 Å². The van der Waals surface area contributed by atoms with E-state index in [4.69, 9.17) is 0 Å². The van der Waals surface area contributed by atoms with Crippen molar-refractivity contribution in [1.29, 1.82) is 0 Å². The van der Waals surface area contributed by atoms with Crippen LogP contribution >= 0.6 is 0 Å². The van der Waals surface area contributed by atoms with Crippen molar-refractivity contribution in [2.24, 2.45) is 11.8 Å². The van der Waals surface area contributed by atoms with Crippen LogP contribution in [0.2, 0.25) is 0 Å². The molecule has 0 bridgehead atoms. The highest BCUT2D eigenvalue weighted by Crippen LogP contribution is 2.37. The second-order valence-electron chi connectivity index (χ2n) is 7.27. The van der Waals surface area contributed by atoms with Crippen molar-refractivity contribution in [1.82, 2.24) is 15.5 Å². The highest BCUT2D eigenvalue weighted by atomic mass is 16.2. The van der Waals surface area contributed by atoms with Gasteiger partial charge in [-0.05, 0) is 64.0 Å². The van der Waals surface area contributed by atoms with Crippen molar-refractivity contribution in [3.05, 3.63) is 0 Å². The normalized spacial score (nSPS) is 36.6. The van der Waals surface area contributed by atoms with Gasteiger partial charge in [0, 0.05) is 19.1 Å². The van der Waals surface area contributed by atoms with Gasteiger partial charge in [-0.1, -0.05) is 12.8 Å². The predicted octanol–water partition coefficient (Wildman–Crippen LogP) is 1.76. The van der Waals surface area contributed by atoms with Crippen LogP contribution in [-0.2, 0) is 4.79 Å². The molecule has 3 aliphatic rings. The lowest BCUT2D eigenvalue weighted by atomic mass is 9.93. The first kappa shape index (κ1) is 15.3. The number of carbonyl (C=O) groups excluding carboxylic acids is 1. The van der Waals surface area contributed by atoms with Crippen molar-refractivity contribution in [2.75, 3.05) is 26.2 Å². The number of fused-ring (bicyclic) bond motifs is 1. The summed E-state index contributed by atoms with van der Waals surface area (Å²) in [6.07, 6.45) is 9.00. The number of carbonyl (C=O) groups is 1. The van der Waals surface area contributed by atoms with Crippen LogP contribution in [0.3, 0.4) is 0 Å². The first-order chi connectivity index (χ1) is 10.3. The fourth-order valence-corrected chi connectivity index (χ4v) is 4.57. The first-order valence-electron chi connectivity index (χ1n) is 9.01. The van der Waals surface area contributed by atoms with E-state index in [-0.39, 0.29) is 11.9 Å². The van der Waals surface area contributed by atoms with Crippen LogP contribution in [0.25, 0.3) is 0 Å². The maximum Gasteiger partial charge on any atom is 0.237 e. The lowest BCUT2D eigenvalue weighted by Crippen LogP contribution is -2.45. The third-order valence-corrected chi connectivity index (χ3v) is 5.89. The van der Waals surface area contributed by atoms with Gasteiger partial charge < -0.3 is 15.5 Å². The Labute approximate surface area is 129 Å². The molecule has 0 spiro atoms. The quantitative estimate of drug-likeness (QED) is 0.759. The van der Waals surface area contributed by atoms with Gasteiger partial charge in [-0.2, -0.15) is 0 Å². The van der Waals surface area contributed by atoms with Crippen LogP contribution in [0.15, 0.2) is 0 Å². The van der Waals surface area contributed by atoms with E-state index in [9.17, 15) is 4.79 Å². The summed E-state index contributed by atoms with van der Waals surface area (Å²) < 4.78 is 0. The molecule has 2 saturated heterocycles. The van der Waals surface area contributed by atoms with E-state index in [1.54, 1.807) is 0 Å². The number of piperidine rings is 1. The Balaban J connectivity index is 1.34. The van der Waals surface area contributed by atoms with Gasteiger partial charge in [0.2, 0.25) is 5.91 Å². The Kier molecular flexibility index (Phi) is 5.17. The molecule has 4 atom stereocenters. The zero-order valence-electron chi connectivity index (χ0n) is 13.4. The Morgan fingerprint density at radius 1 is 1.24 bits per heavy atom. The molecular formula is C17H31N3O. The molecule has 2 heterocycles. The average Bonchev–Trinajstić information content (AvgIpc) is 3.07. The summed E-state index contributed by atoms with van der Waals surface area (Å²) in [7, 11) is 0. The fraction of sp³-hybridized carbons (Fsp3) is 0.941. The molecule has 3 rings (SSSR count). The Hall–Kier alpha value is -0.610. The highest BCUT2D eigenvalue weighted by Gasteiger charge is 2.42. The van der Waals surface area contributed by atoms with E-state index >= 15 is 0 Å². The fourth-order valence-electron chi connectivity index (χ4n) is 4.57. The molecule has 1 aliphatic carbocycles.